The van der Waals surface area contributed by atoms with Gasteiger partial charge in [0.05, 0.1) is 0 Å². The zero-order valence-corrected chi connectivity index (χ0v) is 12.0. The number of thioether (sulfide) groups is 1. The minimum atomic E-state index is 0.608. The Morgan fingerprint density at radius 1 is 1.11 bits per heavy atom. The molecule has 0 heterocycles. The summed E-state index contributed by atoms with van der Waals surface area (Å²) < 4.78 is 0. The van der Waals surface area contributed by atoms with Crippen LogP contribution in [0.25, 0.3) is 0 Å². The molecular formula is C16H23NS. The number of hydrogen-bond acceptors (Lipinski definition) is 2. The number of benzene rings is 1. The van der Waals surface area contributed by atoms with Gasteiger partial charge in [-0.15, -0.1) is 0 Å². The zero-order valence-electron chi connectivity index (χ0n) is 11.1. The SMILES string of the molecule is CSC1CCC(NC(c2ccccc2)C2CC2)C1. The standard InChI is InChI=1S/C16H23NS/c1-18-15-10-9-14(11-15)17-16(13-7-8-13)12-5-3-2-4-6-12/h2-6,13-17H,7-11H2,1H3. The Hall–Kier alpha value is -0.470. The van der Waals surface area contributed by atoms with Crippen LogP contribution in [0.2, 0.25) is 0 Å². The second-order valence-electron chi connectivity index (χ2n) is 5.76. The molecule has 1 N–H and O–H groups in total. The predicted molar refractivity (Wildman–Crippen MR) is 80.0 cm³/mol. The van der Waals surface area contributed by atoms with Crippen molar-refractivity contribution in [1.29, 1.82) is 0 Å². The number of hydrogen-bond donors (Lipinski definition) is 1. The van der Waals surface area contributed by atoms with E-state index in [1.54, 1.807) is 0 Å². The van der Waals surface area contributed by atoms with Gasteiger partial charge in [0.1, 0.15) is 0 Å². The van der Waals surface area contributed by atoms with Gasteiger partial charge in [0, 0.05) is 17.3 Å². The summed E-state index contributed by atoms with van der Waals surface area (Å²) in [6, 6.07) is 12.4. The van der Waals surface area contributed by atoms with E-state index in [-0.39, 0.29) is 0 Å². The van der Waals surface area contributed by atoms with Crippen molar-refractivity contribution in [3.8, 4) is 0 Å². The van der Waals surface area contributed by atoms with E-state index < -0.39 is 0 Å². The van der Waals surface area contributed by atoms with Gasteiger partial charge in [-0.2, -0.15) is 11.8 Å². The van der Waals surface area contributed by atoms with Crippen molar-refractivity contribution >= 4 is 11.8 Å². The second-order valence-corrected chi connectivity index (χ2v) is 6.90. The lowest BCUT2D eigenvalue weighted by Crippen LogP contribution is -2.32. The van der Waals surface area contributed by atoms with Crippen molar-refractivity contribution in [1.82, 2.24) is 5.32 Å². The molecule has 2 aliphatic carbocycles. The van der Waals surface area contributed by atoms with Crippen LogP contribution < -0.4 is 5.32 Å². The topological polar surface area (TPSA) is 12.0 Å². The molecule has 0 saturated heterocycles. The smallest absolute Gasteiger partial charge is 0.0351 e. The van der Waals surface area contributed by atoms with E-state index in [4.69, 9.17) is 0 Å². The van der Waals surface area contributed by atoms with Gasteiger partial charge in [-0.05, 0) is 49.8 Å². The summed E-state index contributed by atoms with van der Waals surface area (Å²) >= 11 is 2.04. The lowest BCUT2D eigenvalue weighted by molar-refractivity contribution is 0.406. The van der Waals surface area contributed by atoms with E-state index in [1.807, 2.05) is 11.8 Å². The molecule has 98 valence electrons. The molecule has 3 rings (SSSR count). The minimum Gasteiger partial charge on any atom is -0.307 e. The fourth-order valence-corrected chi connectivity index (χ4v) is 3.95. The molecule has 1 aromatic rings. The van der Waals surface area contributed by atoms with Crippen LogP contribution in [-0.2, 0) is 0 Å². The fraction of sp³-hybridized carbons (Fsp3) is 0.625. The first-order valence-corrected chi connectivity index (χ1v) is 8.49. The summed E-state index contributed by atoms with van der Waals surface area (Å²) in [6.45, 7) is 0. The molecule has 1 aromatic carbocycles. The van der Waals surface area contributed by atoms with Crippen molar-refractivity contribution in [2.24, 2.45) is 5.92 Å². The van der Waals surface area contributed by atoms with Gasteiger partial charge in [-0.3, -0.25) is 0 Å². The number of nitrogens with one attached hydrogen (secondary N) is 1. The zero-order chi connectivity index (χ0) is 12.4. The van der Waals surface area contributed by atoms with E-state index in [0.717, 1.165) is 17.2 Å². The van der Waals surface area contributed by atoms with Crippen LogP contribution in [0.15, 0.2) is 30.3 Å². The summed E-state index contributed by atoms with van der Waals surface area (Å²) in [5.41, 5.74) is 1.49. The fourth-order valence-electron chi connectivity index (χ4n) is 3.15. The first-order valence-electron chi connectivity index (χ1n) is 7.20. The molecule has 2 aliphatic rings. The monoisotopic (exact) mass is 261 g/mol. The average molecular weight is 261 g/mol. The molecule has 2 fully saturated rings. The molecule has 3 atom stereocenters. The minimum absolute atomic E-state index is 0.608. The molecule has 18 heavy (non-hydrogen) atoms. The lowest BCUT2D eigenvalue weighted by atomic mass is 10.0. The van der Waals surface area contributed by atoms with Crippen molar-refractivity contribution in [2.45, 2.75) is 49.4 Å². The maximum Gasteiger partial charge on any atom is 0.0351 e. The quantitative estimate of drug-likeness (QED) is 0.859. The summed E-state index contributed by atoms with van der Waals surface area (Å²) in [4.78, 5) is 0. The highest BCUT2D eigenvalue weighted by Crippen LogP contribution is 2.42. The highest BCUT2D eigenvalue weighted by atomic mass is 32.2. The van der Waals surface area contributed by atoms with Crippen LogP contribution in [0.4, 0.5) is 0 Å². The Balaban J connectivity index is 1.65. The predicted octanol–water partition coefficient (Wildman–Crippen LogP) is 4.01. The molecule has 0 spiro atoms. The molecule has 3 unspecified atom stereocenters. The molecule has 2 saturated carbocycles. The number of rotatable bonds is 5. The highest BCUT2D eigenvalue weighted by molar-refractivity contribution is 7.99. The Morgan fingerprint density at radius 2 is 1.89 bits per heavy atom. The molecule has 0 radical (unpaired) electrons. The van der Waals surface area contributed by atoms with E-state index in [9.17, 15) is 0 Å². The van der Waals surface area contributed by atoms with E-state index >= 15 is 0 Å². The second kappa shape index (κ2) is 5.66. The first kappa shape index (κ1) is 12.6. The molecule has 2 heteroatoms. The van der Waals surface area contributed by atoms with Crippen LogP contribution >= 0.6 is 11.8 Å². The third kappa shape index (κ3) is 2.92. The molecule has 1 nitrogen and oxygen atoms in total. The van der Waals surface area contributed by atoms with E-state index in [1.165, 1.54) is 37.7 Å². The largest absolute Gasteiger partial charge is 0.307 e. The summed E-state index contributed by atoms with van der Waals surface area (Å²) in [5.74, 6) is 0.890. The van der Waals surface area contributed by atoms with Gasteiger partial charge in [0.25, 0.3) is 0 Å². The van der Waals surface area contributed by atoms with Crippen LogP contribution in [-0.4, -0.2) is 17.5 Å². The summed E-state index contributed by atoms with van der Waals surface area (Å²) in [5, 5.41) is 4.83. The van der Waals surface area contributed by atoms with Crippen LogP contribution in [0.3, 0.4) is 0 Å². The van der Waals surface area contributed by atoms with Crippen LogP contribution in [0.1, 0.15) is 43.7 Å². The van der Waals surface area contributed by atoms with Gasteiger partial charge >= 0.3 is 0 Å². The van der Waals surface area contributed by atoms with Crippen molar-refractivity contribution < 1.29 is 0 Å². The van der Waals surface area contributed by atoms with Gasteiger partial charge < -0.3 is 5.32 Å². The maximum absolute atomic E-state index is 3.95. The molecule has 0 bridgehead atoms. The lowest BCUT2D eigenvalue weighted by Gasteiger charge is -2.23. The Morgan fingerprint density at radius 3 is 2.50 bits per heavy atom. The van der Waals surface area contributed by atoms with E-state index in [2.05, 4.69) is 41.9 Å². The third-order valence-electron chi connectivity index (χ3n) is 4.39. The Kier molecular flexibility index (Phi) is 3.95. The molecular weight excluding hydrogens is 238 g/mol. The van der Waals surface area contributed by atoms with Gasteiger partial charge in [-0.1, -0.05) is 30.3 Å². The van der Waals surface area contributed by atoms with Gasteiger partial charge in [-0.25, -0.2) is 0 Å². The van der Waals surface area contributed by atoms with Gasteiger partial charge in [0.15, 0.2) is 0 Å². The average Bonchev–Trinajstić information content (AvgIpc) is 3.16. The third-order valence-corrected chi connectivity index (χ3v) is 5.48. The normalized spacial score (nSPS) is 29.4. The van der Waals surface area contributed by atoms with Crippen LogP contribution in [0.5, 0.6) is 0 Å². The Labute approximate surface area is 115 Å². The Bertz CT molecular complexity index is 374. The molecule has 0 aromatic heterocycles. The first-order chi connectivity index (χ1) is 8.86. The van der Waals surface area contributed by atoms with Crippen LogP contribution in [0, 0.1) is 5.92 Å². The van der Waals surface area contributed by atoms with Crippen molar-refractivity contribution in [3.05, 3.63) is 35.9 Å². The summed E-state index contributed by atoms with van der Waals surface area (Å²) in [7, 11) is 0. The van der Waals surface area contributed by atoms with Crippen molar-refractivity contribution in [3.63, 3.8) is 0 Å². The maximum atomic E-state index is 3.95. The highest BCUT2D eigenvalue weighted by Gasteiger charge is 2.35. The van der Waals surface area contributed by atoms with E-state index in [0.29, 0.717) is 6.04 Å². The molecule has 0 amide bonds. The summed E-state index contributed by atoms with van der Waals surface area (Å²) in [6.07, 6.45) is 9.18. The van der Waals surface area contributed by atoms with Crippen molar-refractivity contribution in [2.75, 3.05) is 6.26 Å². The molecule has 0 aliphatic heterocycles. The van der Waals surface area contributed by atoms with Gasteiger partial charge in [0.2, 0.25) is 0 Å².